The normalized spacial score (nSPS) is 10.8. The summed E-state index contributed by atoms with van der Waals surface area (Å²) in [6, 6.07) is 9.33. The minimum Gasteiger partial charge on any atom is -0.262 e. The summed E-state index contributed by atoms with van der Waals surface area (Å²) in [5.74, 6) is 0. The number of hydrogen-bond acceptors (Lipinski definition) is 3. The number of rotatable bonds is 1. The molecule has 0 atom stereocenters. The van der Waals surface area contributed by atoms with Crippen molar-refractivity contribution in [3.05, 3.63) is 47.7 Å². The Kier molecular flexibility index (Phi) is 2.08. The number of aromatic nitrogens is 4. The van der Waals surface area contributed by atoms with Crippen LogP contribution in [0.25, 0.3) is 16.7 Å². The molecule has 0 saturated carbocycles. The van der Waals surface area contributed by atoms with E-state index in [2.05, 4.69) is 15.3 Å². The first-order valence-electron chi connectivity index (χ1n) is 4.76. The predicted octanol–water partition coefficient (Wildman–Crippen LogP) is 2.47. The molecule has 0 fully saturated rings. The smallest absolute Gasteiger partial charge is 0.131 e. The van der Waals surface area contributed by atoms with Crippen molar-refractivity contribution in [2.24, 2.45) is 0 Å². The van der Waals surface area contributed by atoms with Gasteiger partial charge in [0.05, 0.1) is 17.4 Å². The van der Waals surface area contributed by atoms with E-state index >= 15 is 0 Å². The Balaban J connectivity index is 2.22. The number of pyridine rings is 1. The van der Waals surface area contributed by atoms with Gasteiger partial charge >= 0.3 is 0 Å². The van der Waals surface area contributed by atoms with E-state index in [1.807, 2.05) is 30.3 Å². The molecule has 0 aliphatic rings. The summed E-state index contributed by atoms with van der Waals surface area (Å²) in [7, 11) is 0. The molecule has 4 nitrogen and oxygen atoms in total. The highest BCUT2D eigenvalue weighted by Crippen LogP contribution is 2.17. The Labute approximate surface area is 96.5 Å². The zero-order chi connectivity index (χ0) is 11.0. The Morgan fingerprint density at radius 3 is 2.69 bits per heavy atom. The Hall–Kier alpha value is -1.94. The van der Waals surface area contributed by atoms with Gasteiger partial charge in [-0.25, -0.2) is 4.68 Å². The molecule has 0 bridgehead atoms. The van der Waals surface area contributed by atoms with Crippen molar-refractivity contribution in [3.8, 4) is 5.69 Å². The average molecular weight is 231 g/mol. The maximum absolute atomic E-state index is 5.84. The lowest BCUT2D eigenvalue weighted by molar-refractivity contribution is 0.824. The van der Waals surface area contributed by atoms with E-state index in [1.165, 1.54) is 0 Å². The first kappa shape index (κ1) is 9.30. The fourth-order valence-electron chi connectivity index (χ4n) is 1.55. The van der Waals surface area contributed by atoms with Crippen molar-refractivity contribution >= 4 is 22.6 Å². The van der Waals surface area contributed by atoms with Gasteiger partial charge in [-0.15, -0.1) is 5.10 Å². The SMILES string of the molecule is Clc1ccc(-n2nnc3cnccc32)cc1. The van der Waals surface area contributed by atoms with Crippen molar-refractivity contribution < 1.29 is 0 Å². The minimum atomic E-state index is 0.704. The second-order valence-corrected chi connectivity index (χ2v) is 3.78. The molecule has 0 amide bonds. The first-order chi connectivity index (χ1) is 7.84. The molecule has 0 aliphatic heterocycles. The fourth-order valence-corrected chi connectivity index (χ4v) is 1.68. The van der Waals surface area contributed by atoms with Gasteiger partial charge in [0.2, 0.25) is 0 Å². The molecule has 5 heteroatoms. The third-order valence-corrected chi connectivity index (χ3v) is 2.57. The highest BCUT2D eigenvalue weighted by Gasteiger charge is 2.05. The second-order valence-electron chi connectivity index (χ2n) is 3.34. The topological polar surface area (TPSA) is 43.6 Å². The van der Waals surface area contributed by atoms with E-state index in [4.69, 9.17) is 11.6 Å². The largest absolute Gasteiger partial charge is 0.262 e. The molecule has 78 valence electrons. The van der Waals surface area contributed by atoms with Crippen molar-refractivity contribution in [1.82, 2.24) is 20.0 Å². The fraction of sp³-hybridized carbons (Fsp3) is 0. The van der Waals surface area contributed by atoms with Crippen LogP contribution < -0.4 is 0 Å². The van der Waals surface area contributed by atoms with Crippen LogP contribution in [-0.2, 0) is 0 Å². The van der Waals surface area contributed by atoms with Gasteiger partial charge in [0.15, 0.2) is 0 Å². The summed E-state index contributed by atoms with van der Waals surface area (Å²) >= 11 is 5.84. The molecule has 3 aromatic rings. The molecule has 0 radical (unpaired) electrons. The third-order valence-electron chi connectivity index (χ3n) is 2.32. The van der Waals surface area contributed by atoms with Crippen molar-refractivity contribution in [2.75, 3.05) is 0 Å². The molecule has 3 rings (SSSR count). The maximum Gasteiger partial charge on any atom is 0.131 e. The van der Waals surface area contributed by atoms with Crippen LogP contribution in [0.3, 0.4) is 0 Å². The van der Waals surface area contributed by atoms with Crippen LogP contribution in [0.5, 0.6) is 0 Å². The quantitative estimate of drug-likeness (QED) is 0.645. The van der Waals surface area contributed by atoms with E-state index in [9.17, 15) is 0 Å². The summed E-state index contributed by atoms with van der Waals surface area (Å²) in [6.07, 6.45) is 3.41. The number of nitrogens with zero attached hydrogens (tertiary/aromatic N) is 4. The molecule has 0 unspecified atom stereocenters. The van der Waals surface area contributed by atoms with Gasteiger partial charge in [0.25, 0.3) is 0 Å². The minimum absolute atomic E-state index is 0.704. The Bertz CT molecular complexity index is 630. The van der Waals surface area contributed by atoms with Crippen LogP contribution in [0.1, 0.15) is 0 Å². The zero-order valence-corrected chi connectivity index (χ0v) is 8.96. The van der Waals surface area contributed by atoms with Crippen molar-refractivity contribution in [2.45, 2.75) is 0 Å². The van der Waals surface area contributed by atoms with Crippen LogP contribution in [0.4, 0.5) is 0 Å². The third kappa shape index (κ3) is 1.44. The van der Waals surface area contributed by atoms with E-state index in [-0.39, 0.29) is 0 Å². The molecule has 2 aromatic heterocycles. The lowest BCUT2D eigenvalue weighted by atomic mass is 10.3. The zero-order valence-electron chi connectivity index (χ0n) is 8.21. The summed E-state index contributed by atoms with van der Waals surface area (Å²) in [5.41, 5.74) is 2.63. The number of halogens is 1. The number of fused-ring (bicyclic) bond motifs is 1. The van der Waals surface area contributed by atoms with Crippen LogP contribution in [0, 0.1) is 0 Å². The van der Waals surface area contributed by atoms with Crippen molar-refractivity contribution in [1.29, 1.82) is 0 Å². The molecular weight excluding hydrogens is 224 g/mol. The van der Waals surface area contributed by atoms with Gasteiger partial charge in [-0.1, -0.05) is 16.8 Å². The van der Waals surface area contributed by atoms with Gasteiger partial charge in [-0.2, -0.15) is 0 Å². The highest BCUT2D eigenvalue weighted by atomic mass is 35.5. The van der Waals surface area contributed by atoms with E-state index in [1.54, 1.807) is 17.1 Å². The molecule has 0 aliphatic carbocycles. The van der Waals surface area contributed by atoms with E-state index in [0.29, 0.717) is 5.02 Å². The van der Waals surface area contributed by atoms with Gasteiger partial charge in [0.1, 0.15) is 5.52 Å². The summed E-state index contributed by atoms with van der Waals surface area (Å²) < 4.78 is 1.76. The molecular formula is C11H7ClN4. The van der Waals surface area contributed by atoms with Gasteiger partial charge in [-0.3, -0.25) is 4.98 Å². The molecule has 1 aromatic carbocycles. The lowest BCUT2D eigenvalue weighted by Gasteiger charge is -2.01. The van der Waals surface area contributed by atoms with Crippen LogP contribution in [0.15, 0.2) is 42.7 Å². The number of benzene rings is 1. The predicted molar refractivity (Wildman–Crippen MR) is 61.7 cm³/mol. The summed E-state index contributed by atoms with van der Waals surface area (Å²) in [5, 5.41) is 8.82. The van der Waals surface area contributed by atoms with Crippen molar-refractivity contribution in [3.63, 3.8) is 0 Å². The van der Waals surface area contributed by atoms with Crippen LogP contribution in [0.2, 0.25) is 5.02 Å². The Morgan fingerprint density at radius 1 is 1.06 bits per heavy atom. The Morgan fingerprint density at radius 2 is 1.88 bits per heavy atom. The summed E-state index contributed by atoms with van der Waals surface area (Å²) in [4.78, 5) is 4.00. The van der Waals surface area contributed by atoms with Gasteiger partial charge < -0.3 is 0 Å². The van der Waals surface area contributed by atoms with E-state index in [0.717, 1.165) is 16.7 Å². The molecule has 0 N–H and O–H groups in total. The molecule has 16 heavy (non-hydrogen) atoms. The standard InChI is InChI=1S/C11H7ClN4/c12-8-1-3-9(4-2-8)16-11-5-6-13-7-10(11)14-15-16/h1-7H. The molecule has 0 saturated heterocycles. The van der Waals surface area contributed by atoms with Crippen LogP contribution >= 0.6 is 11.6 Å². The maximum atomic E-state index is 5.84. The van der Waals surface area contributed by atoms with Crippen LogP contribution in [-0.4, -0.2) is 20.0 Å². The molecule has 2 heterocycles. The first-order valence-corrected chi connectivity index (χ1v) is 5.14. The number of hydrogen-bond donors (Lipinski definition) is 0. The second kappa shape index (κ2) is 3.57. The lowest BCUT2D eigenvalue weighted by Crippen LogP contribution is -1.95. The van der Waals surface area contributed by atoms with Gasteiger partial charge in [0, 0.05) is 11.2 Å². The molecule has 0 spiro atoms. The monoisotopic (exact) mass is 230 g/mol. The highest BCUT2D eigenvalue weighted by molar-refractivity contribution is 6.30. The average Bonchev–Trinajstić information content (AvgIpc) is 2.74. The summed E-state index contributed by atoms with van der Waals surface area (Å²) in [6.45, 7) is 0. The van der Waals surface area contributed by atoms with Gasteiger partial charge in [-0.05, 0) is 30.3 Å². The van der Waals surface area contributed by atoms with E-state index < -0.39 is 0 Å².